The van der Waals surface area contributed by atoms with Crippen LogP contribution in [0.2, 0.25) is 0 Å². The molecule has 0 aromatic rings. The molecule has 1 aliphatic heterocycles. The molecule has 0 amide bonds. The number of hydrogen-bond acceptors (Lipinski definition) is 4. The quantitative estimate of drug-likeness (QED) is 0.422. The Balaban J connectivity index is 2.49. The van der Waals surface area contributed by atoms with Gasteiger partial charge in [0.25, 0.3) is 0 Å². The molecule has 1 fully saturated rings. The molecular formula is C6H12O4. The summed E-state index contributed by atoms with van der Waals surface area (Å²) in [6, 6.07) is 0. The Hall–Kier alpha value is -0.160. The Kier molecular flexibility index (Phi) is 2.25. The molecule has 3 N–H and O–H groups in total. The molecule has 1 aliphatic rings. The van der Waals surface area contributed by atoms with Crippen molar-refractivity contribution >= 4 is 0 Å². The van der Waals surface area contributed by atoms with Crippen molar-refractivity contribution in [2.24, 2.45) is 0 Å². The van der Waals surface area contributed by atoms with E-state index < -0.39 is 24.4 Å². The van der Waals surface area contributed by atoms with Gasteiger partial charge in [0.15, 0.2) is 0 Å². The molecule has 1 heterocycles. The molecule has 0 radical (unpaired) electrons. The lowest BCUT2D eigenvalue weighted by molar-refractivity contribution is -0.0429. The second kappa shape index (κ2) is 2.84. The minimum atomic E-state index is -0.944. The van der Waals surface area contributed by atoms with E-state index in [0.29, 0.717) is 0 Å². The maximum Gasteiger partial charge on any atom is 0.112 e. The summed E-state index contributed by atoms with van der Waals surface area (Å²) in [5.74, 6) is 0. The van der Waals surface area contributed by atoms with Crippen LogP contribution < -0.4 is 0 Å². The molecule has 0 bridgehead atoms. The molecule has 0 unspecified atom stereocenters. The van der Waals surface area contributed by atoms with E-state index in [2.05, 4.69) is 0 Å². The first-order valence-corrected chi connectivity index (χ1v) is 3.28. The fourth-order valence-electron chi connectivity index (χ4n) is 1.05. The lowest BCUT2D eigenvalue weighted by atomic mass is 10.1. The van der Waals surface area contributed by atoms with Crippen LogP contribution in [0, 0.1) is 0 Å². The van der Waals surface area contributed by atoms with Crippen molar-refractivity contribution in [3.63, 3.8) is 0 Å². The number of hydrogen-bond donors (Lipinski definition) is 3. The van der Waals surface area contributed by atoms with Crippen molar-refractivity contribution < 1.29 is 20.1 Å². The third-order valence-corrected chi connectivity index (χ3v) is 1.67. The Bertz CT molecular complexity index is 114. The molecule has 0 aromatic carbocycles. The first-order valence-electron chi connectivity index (χ1n) is 3.28. The van der Waals surface area contributed by atoms with Crippen LogP contribution in [-0.2, 0) is 4.74 Å². The Labute approximate surface area is 59.1 Å². The maximum atomic E-state index is 9.09. The average molecular weight is 148 g/mol. The van der Waals surface area contributed by atoms with Crippen molar-refractivity contribution in [3.05, 3.63) is 0 Å². The number of rotatable bonds is 1. The molecule has 4 nitrogen and oxygen atoms in total. The standard InChI is InChI=1S/C6H12O4/c1-3(7)6-5(9)4(8)2-10-6/h3-9H,2H2,1H3/t3-,4-,5-,6-/m0/s1. The molecule has 4 atom stereocenters. The summed E-state index contributed by atoms with van der Waals surface area (Å²) in [5, 5.41) is 27.0. The van der Waals surface area contributed by atoms with E-state index in [4.69, 9.17) is 20.1 Å². The summed E-state index contributed by atoms with van der Waals surface area (Å²) >= 11 is 0. The van der Waals surface area contributed by atoms with Gasteiger partial charge in [-0.15, -0.1) is 0 Å². The highest BCUT2D eigenvalue weighted by molar-refractivity contribution is 4.85. The summed E-state index contributed by atoms with van der Waals surface area (Å²) in [5.41, 5.74) is 0. The first-order chi connectivity index (χ1) is 4.63. The van der Waals surface area contributed by atoms with Crippen molar-refractivity contribution in [1.82, 2.24) is 0 Å². The van der Waals surface area contributed by atoms with Crippen LogP contribution in [0.1, 0.15) is 6.92 Å². The lowest BCUT2D eigenvalue weighted by Gasteiger charge is -2.16. The summed E-state index contributed by atoms with van der Waals surface area (Å²) in [7, 11) is 0. The molecule has 10 heavy (non-hydrogen) atoms. The molecule has 1 rings (SSSR count). The minimum absolute atomic E-state index is 0.108. The van der Waals surface area contributed by atoms with Crippen molar-refractivity contribution in [2.45, 2.75) is 31.3 Å². The van der Waals surface area contributed by atoms with E-state index in [9.17, 15) is 0 Å². The average Bonchev–Trinajstić information content (AvgIpc) is 2.14. The molecule has 60 valence electrons. The monoisotopic (exact) mass is 148 g/mol. The molecular weight excluding hydrogens is 136 g/mol. The van der Waals surface area contributed by atoms with E-state index in [1.807, 2.05) is 0 Å². The second-order valence-corrected chi connectivity index (χ2v) is 2.60. The minimum Gasteiger partial charge on any atom is -0.391 e. The van der Waals surface area contributed by atoms with Crippen LogP contribution in [0.3, 0.4) is 0 Å². The van der Waals surface area contributed by atoms with Crippen LogP contribution in [0.4, 0.5) is 0 Å². The number of aliphatic hydroxyl groups is 3. The third-order valence-electron chi connectivity index (χ3n) is 1.67. The second-order valence-electron chi connectivity index (χ2n) is 2.60. The van der Waals surface area contributed by atoms with E-state index in [-0.39, 0.29) is 6.61 Å². The molecule has 0 spiro atoms. The predicted octanol–water partition coefficient (Wildman–Crippen LogP) is -1.51. The zero-order valence-corrected chi connectivity index (χ0v) is 5.77. The summed E-state index contributed by atoms with van der Waals surface area (Å²) in [4.78, 5) is 0. The summed E-state index contributed by atoms with van der Waals surface area (Å²) in [6.07, 6.45) is -3.15. The van der Waals surface area contributed by atoms with Crippen LogP contribution in [0.5, 0.6) is 0 Å². The highest BCUT2D eigenvalue weighted by atomic mass is 16.5. The van der Waals surface area contributed by atoms with Crippen molar-refractivity contribution in [2.75, 3.05) is 6.61 Å². The number of aliphatic hydroxyl groups excluding tert-OH is 3. The van der Waals surface area contributed by atoms with E-state index in [1.54, 1.807) is 0 Å². The fourth-order valence-corrected chi connectivity index (χ4v) is 1.05. The topological polar surface area (TPSA) is 69.9 Å². The van der Waals surface area contributed by atoms with Gasteiger partial charge in [0.05, 0.1) is 12.7 Å². The normalized spacial score (nSPS) is 43.8. The van der Waals surface area contributed by atoms with Crippen molar-refractivity contribution in [3.8, 4) is 0 Å². The van der Waals surface area contributed by atoms with Crippen molar-refractivity contribution in [1.29, 1.82) is 0 Å². The van der Waals surface area contributed by atoms with Crippen LogP contribution in [0.15, 0.2) is 0 Å². The van der Waals surface area contributed by atoms with Gasteiger partial charge in [0.2, 0.25) is 0 Å². The molecule has 4 heteroatoms. The Morgan fingerprint density at radius 1 is 1.50 bits per heavy atom. The lowest BCUT2D eigenvalue weighted by Crippen LogP contribution is -2.36. The third kappa shape index (κ3) is 1.29. The van der Waals surface area contributed by atoms with Gasteiger partial charge in [-0.25, -0.2) is 0 Å². The largest absolute Gasteiger partial charge is 0.391 e. The Morgan fingerprint density at radius 3 is 2.30 bits per heavy atom. The zero-order chi connectivity index (χ0) is 7.72. The maximum absolute atomic E-state index is 9.09. The highest BCUT2D eigenvalue weighted by Gasteiger charge is 2.37. The van der Waals surface area contributed by atoms with Gasteiger partial charge in [-0.3, -0.25) is 0 Å². The van der Waals surface area contributed by atoms with Gasteiger partial charge in [0.1, 0.15) is 18.3 Å². The molecule has 0 saturated carbocycles. The highest BCUT2D eigenvalue weighted by Crippen LogP contribution is 2.16. The van der Waals surface area contributed by atoms with E-state index in [0.717, 1.165) is 0 Å². The first kappa shape index (κ1) is 7.94. The van der Waals surface area contributed by atoms with E-state index in [1.165, 1.54) is 6.92 Å². The predicted molar refractivity (Wildman–Crippen MR) is 33.4 cm³/mol. The SMILES string of the molecule is C[C@H](O)[C@@H]1OC[C@H](O)[C@@H]1O. The van der Waals surface area contributed by atoms with Crippen LogP contribution in [-0.4, -0.2) is 46.3 Å². The summed E-state index contributed by atoms with van der Waals surface area (Å²) < 4.78 is 4.89. The van der Waals surface area contributed by atoms with Gasteiger partial charge in [-0.05, 0) is 6.92 Å². The van der Waals surface area contributed by atoms with Gasteiger partial charge >= 0.3 is 0 Å². The van der Waals surface area contributed by atoms with Gasteiger partial charge < -0.3 is 20.1 Å². The summed E-state index contributed by atoms with van der Waals surface area (Å²) in [6.45, 7) is 1.63. The van der Waals surface area contributed by atoms with Gasteiger partial charge in [0, 0.05) is 0 Å². The fraction of sp³-hybridized carbons (Fsp3) is 1.00. The van der Waals surface area contributed by atoms with E-state index >= 15 is 0 Å². The van der Waals surface area contributed by atoms with Crippen LogP contribution >= 0.6 is 0 Å². The van der Waals surface area contributed by atoms with Crippen LogP contribution in [0.25, 0.3) is 0 Å². The Morgan fingerprint density at radius 2 is 2.10 bits per heavy atom. The van der Waals surface area contributed by atoms with Gasteiger partial charge in [-0.2, -0.15) is 0 Å². The molecule has 1 saturated heterocycles. The van der Waals surface area contributed by atoms with Gasteiger partial charge in [-0.1, -0.05) is 0 Å². The molecule has 0 aliphatic carbocycles. The molecule has 0 aromatic heterocycles. The number of ether oxygens (including phenoxy) is 1. The zero-order valence-electron chi connectivity index (χ0n) is 5.77. The smallest absolute Gasteiger partial charge is 0.112 e.